The van der Waals surface area contributed by atoms with Crippen LogP contribution in [0.4, 0.5) is 14.5 Å². The van der Waals surface area contributed by atoms with Crippen LogP contribution in [-0.4, -0.2) is 72.4 Å². The van der Waals surface area contributed by atoms with Crippen LogP contribution < -0.4 is 5.73 Å². The Morgan fingerprint density at radius 3 is 2.60 bits per heavy atom. The van der Waals surface area contributed by atoms with E-state index in [2.05, 4.69) is 4.52 Å². The smallest absolute Gasteiger partial charge is 0.398 e. The SMILES string of the molecule is Cn1cc(Cc2ccc(CO)c(N)c2)cc1[C@@H]1O[C@@H]2C[C@H]3[C@@H]4C[C@H](F)C5=CC(=O)C=C[C@]5(C)[C@@]4(F)[C@@H](O)C[C@]3(C)[C@]2(C(=O)COP(=O)(O)O)O1. The minimum absolute atomic E-state index is 0.0238. The van der Waals surface area contributed by atoms with Crippen molar-refractivity contribution < 1.29 is 56.9 Å². The molecule has 7 rings (SSSR count). The summed E-state index contributed by atoms with van der Waals surface area (Å²) in [4.78, 5) is 45.4. The molecule has 0 spiro atoms. The van der Waals surface area contributed by atoms with Crippen LogP contribution in [0.5, 0.6) is 0 Å². The highest BCUT2D eigenvalue weighted by atomic mass is 31.2. The van der Waals surface area contributed by atoms with Crippen LogP contribution in [0.1, 0.15) is 61.8 Å². The number of aryl methyl sites for hydroxylation is 1. The maximum absolute atomic E-state index is 17.8. The molecular weight excluding hydrogens is 677 g/mol. The highest BCUT2D eigenvalue weighted by molar-refractivity contribution is 7.46. The number of aliphatic hydroxyl groups excluding tert-OH is 2. The van der Waals surface area contributed by atoms with Crippen molar-refractivity contribution in [3.63, 3.8) is 0 Å². The van der Waals surface area contributed by atoms with Crippen molar-refractivity contribution in [2.75, 3.05) is 12.3 Å². The number of allylic oxidation sites excluding steroid dienone is 4. The molecule has 15 heteroatoms. The van der Waals surface area contributed by atoms with Gasteiger partial charge in [-0.2, -0.15) is 0 Å². The molecule has 50 heavy (non-hydrogen) atoms. The first-order valence-electron chi connectivity index (χ1n) is 16.5. The number of rotatable bonds is 8. The number of nitrogens with two attached hydrogens (primary N) is 1. The molecule has 1 saturated heterocycles. The summed E-state index contributed by atoms with van der Waals surface area (Å²) in [6.45, 7) is 1.89. The third-order valence-electron chi connectivity index (χ3n) is 12.3. The molecule has 10 atom stereocenters. The molecule has 270 valence electrons. The Labute approximate surface area is 287 Å². The van der Waals surface area contributed by atoms with Gasteiger partial charge in [-0.1, -0.05) is 25.1 Å². The van der Waals surface area contributed by atoms with Gasteiger partial charge in [-0.3, -0.25) is 14.1 Å². The highest BCUT2D eigenvalue weighted by Gasteiger charge is 2.80. The van der Waals surface area contributed by atoms with Crippen LogP contribution in [0, 0.1) is 22.7 Å². The topological polar surface area (TPSA) is 191 Å². The number of fused-ring (bicyclic) bond motifs is 7. The zero-order valence-corrected chi connectivity index (χ0v) is 28.7. The second-order valence-electron chi connectivity index (χ2n) is 14.8. The number of carbonyl (C=O) groups excluding carboxylic acids is 2. The molecule has 12 nitrogen and oxygen atoms in total. The Morgan fingerprint density at radius 2 is 1.92 bits per heavy atom. The largest absolute Gasteiger partial charge is 0.470 e. The van der Waals surface area contributed by atoms with E-state index >= 15 is 8.78 Å². The van der Waals surface area contributed by atoms with Gasteiger partial charge in [0.05, 0.1) is 24.5 Å². The van der Waals surface area contributed by atoms with E-state index in [9.17, 15) is 34.2 Å². The van der Waals surface area contributed by atoms with E-state index < -0.39 is 84.6 Å². The van der Waals surface area contributed by atoms with Crippen LogP contribution in [0.3, 0.4) is 0 Å². The van der Waals surface area contributed by atoms with Crippen LogP contribution in [0.2, 0.25) is 0 Å². The van der Waals surface area contributed by atoms with Gasteiger partial charge in [-0.25, -0.2) is 13.3 Å². The fourth-order valence-electron chi connectivity index (χ4n) is 9.95. The lowest BCUT2D eigenvalue weighted by Gasteiger charge is -2.63. The number of Topliss-reactive ketones (excluding diaryl/α,β-unsaturated/α-hetero) is 1. The van der Waals surface area contributed by atoms with E-state index in [0.29, 0.717) is 23.4 Å². The monoisotopic (exact) mass is 718 g/mol. The average molecular weight is 719 g/mol. The van der Waals surface area contributed by atoms with Crippen molar-refractivity contribution in [1.82, 2.24) is 4.57 Å². The summed E-state index contributed by atoms with van der Waals surface area (Å²) in [5.74, 6) is -3.24. The Bertz CT molecular complexity index is 1880. The van der Waals surface area contributed by atoms with E-state index in [4.69, 9.17) is 15.2 Å². The number of benzene rings is 1. The lowest BCUT2D eigenvalue weighted by molar-refractivity contribution is -0.235. The first kappa shape index (κ1) is 35.3. The van der Waals surface area contributed by atoms with Gasteiger partial charge >= 0.3 is 7.82 Å². The fourth-order valence-corrected chi connectivity index (χ4v) is 10.2. The summed E-state index contributed by atoms with van der Waals surface area (Å²) < 4.78 is 64.9. The molecule has 4 fully saturated rings. The number of anilines is 1. The first-order valence-corrected chi connectivity index (χ1v) is 18.1. The van der Waals surface area contributed by atoms with Crippen LogP contribution in [0.15, 0.2) is 54.3 Å². The molecule has 2 aromatic rings. The molecule has 2 heterocycles. The minimum Gasteiger partial charge on any atom is -0.398 e. The van der Waals surface area contributed by atoms with Crippen molar-refractivity contribution in [3.05, 3.63) is 76.6 Å². The third kappa shape index (κ3) is 4.98. The number of carbonyl (C=O) groups is 2. The molecule has 0 unspecified atom stereocenters. The molecular formula is C35H41F2N2O10P. The van der Waals surface area contributed by atoms with Gasteiger partial charge in [0.1, 0.15) is 12.8 Å². The van der Waals surface area contributed by atoms with Crippen LogP contribution in [0.25, 0.3) is 0 Å². The van der Waals surface area contributed by atoms with Crippen LogP contribution >= 0.6 is 7.82 Å². The van der Waals surface area contributed by atoms with Gasteiger partial charge in [-0.05, 0) is 79.5 Å². The first-order chi connectivity index (χ1) is 23.4. The Kier molecular flexibility index (Phi) is 8.29. The molecule has 0 bridgehead atoms. The predicted octanol–water partition coefficient (Wildman–Crippen LogP) is 3.45. The standard InChI is InChI=1S/C35H41F2N2O10P/c1-32-7-6-21(41)11-24(32)25(36)12-23-22-13-30-35(29(43)17-47-50(44,45)46,33(22,2)14-28(42)34(23,32)37)49-31(48-30)27-10-19(15-39(27)3)8-18-4-5-20(16-40)26(38)9-18/h4-7,9-11,15,22-23,25,28,30-31,40,42H,8,12-14,16-17,38H2,1-3H3,(H2,44,45,46)/t22-,23-,25-,28-,30+,31+,32-,33-,34-,35+/m0/s1. The number of hydrogen-bond donors (Lipinski definition) is 5. The summed E-state index contributed by atoms with van der Waals surface area (Å²) in [6, 6.07) is 7.20. The Morgan fingerprint density at radius 1 is 1.18 bits per heavy atom. The lowest BCUT2D eigenvalue weighted by Crippen LogP contribution is -2.70. The number of nitrogens with zero attached hydrogens (tertiary/aromatic N) is 1. The number of nitrogen functional groups attached to an aromatic ring is 1. The molecule has 5 aliphatic rings. The molecule has 0 amide bonds. The van der Waals surface area contributed by atoms with Crippen molar-refractivity contribution in [1.29, 1.82) is 0 Å². The van der Waals surface area contributed by atoms with Crippen LogP contribution in [-0.2, 0) is 48.2 Å². The van der Waals surface area contributed by atoms with Gasteiger partial charge in [0.15, 0.2) is 22.8 Å². The predicted molar refractivity (Wildman–Crippen MR) is 173 cm³/mol. The van der Waals surface area contributed by atoms with Crippen molar-refractivity contribution in [2.45, 2.75) is 82.1 Å². The zero-order valence-electron chi connectivity index (χ0n) is 27.8. The van der Waals surface area contributed by atoms with Gasteiger partial charge in [0.2, 0.25) is 6.29 Å². The average Bonchev–Trinajstić information content (AvgIpc) is 3.67. The molecule has 1 aliphatic heterocycles. The molecule has 0 radical (unpaired) electrons. The number of ketones is 2. The number of phosphoric ester groups is 1. The maximum Gasteiger partial charge on any atom is 0.470 e. The van der Waals surface area contributed by atoms with Gasteiger partial charge < -0.3 is 39.8 Å². The minimum atomic E-state index is -5.11. The van der Waals surface area contributed by atoms with E-state index in [1.165, 1.54) is 19.1 Å². The van der Waals surface area contributed by atoms with E-state index in [-0.39, 0.29) is 31.4 Å². The molecule has 1 aromatic heterocycles. The number of alkyl halides is 2. The number of aliphatic hydroxyl groups is 2. The second kappa shape index (κ2) is 11.7. The molecule has 4 aliphatic carbocycles. The molecule has 3 saturated carbocycles. The Balaban J connectivity index is 1.25. The zero-order chi connectivity index (χ0) is 36.2. The van der Waals surface area contributed by atoms with E-state index in [1.54, 1.807) is 30.7 Å². The summed E-state index contributed by atoms with van der Waals surface area (Å²) in [5, 5.41) is 21.3. The summed E-state index contributed by atoms with van der Waals surface area (Å²) in [5.41, 5.74) is 1.93. The quantitative estimate of drug-likeness (QED) is 0.199. The normalized spacial score (nSPS) is 39.1. The summed E-state index contributed by atoms with van der Waals surface area (Å²) in [7, 11) is -3.35. The molecule has 1 aromatic carbocycles. The summed E-state index contributed by atoms with van der Waals surface area (Å²) >= 11 is 0. The second-order valence-corrected chi connectivity index (χ2v) is 16.1. The fraction of sp³-hybridized carbons (Fsp3) is 0.543. The van der Waals surface area contributed by atoms with Crippen molar-refractivity contribution in [3.8, 4) is 0 Å². The number of aromatic nitrogens is 1. The number of halogens is 2. The number of ether oxygens (including phenoxy) is 2. The van der Waals surface area contributed by atoms with Crippen molar-refractivity contribution >= 4 is 25.1 Å². The highest BCUT2D eigenvalue weighted by Crippen LogP contribution is 2.72. The van der Waals surface area contributed by atoms with Gasteiger partial charge in [0.25, 0.3) is 0 Å². The lowest BCUT2D eigenvalue weighted by atomic mass is 9.44. The maximum atomic E-state index is 17.8. The van der Waals surface area contributed by atoms with Crippen molar-refractivity contribution in [2.24, 2.45) is 29.7 Å². The van der Waals surface area contributed by atoms with E-state index in [0.717, 1.165) is 17.2 Å². The molecule has 6 N–H and O–H groups in total. The summed E-state index contributed by atoms with van der Waals surface area (Å²) in [6.07, 6.45) is -0.411. The number of hydrogen-bond acceptors (Lipinski definition) is 9. The van der Waals surface area contributed by atoms with E-state index in [1.807, 2.05) is 18.3 Å². The van der Waals surface area contributed by atoms with Gasteiger partial charge in [-0.15, -0.1) is 0 Å². The Hall–Kier alpha value is -3.07. The van der Waals surface area contributed by atoms with Gasteiger partial charge in [0, 0.05) is 41.2 Å². The number of phosphoric acid groups is 1. The third-order valence-corrected chi connectivity index (χ3v) is 12.7.